The van der Waals surface area contributed by atoms with Gasteiger partial charge in [0.15, 0.2) is 0 Å². The minimum Gasteiger partial charge on any atom is -0.396 e. The Morgan fingerprint density at radius 3 is 2.14 bits per heavy atom. The van der Waals surface area contributed by atoms with Crippen molar-refractivity contribution in [3.8, 4) is 11.4 Å². The second-order valence-electron chi connectivity index (χ2n) is 4.11. The smallest absolute Gasteiger partial charge is 0.137 e. The lowest BCUT2D eigenvalue weighted by Crippen LogP contribution is -1.91. The van der Waals surface area contributed by atoms with Crippen LogP contribution >= 0.6 is 0 Å². The van der Waals surface area contributed by atoms with E-state index < -0.39 is 11.6 Å². The van der Waals surface area contributed by atoms with E-state index in [0.29, 0.717) is 17.8 Å². The Morgan fingerprint density at radius 2 is 1.62 bits per heavy atom. The summed E-state index contributed by atoms with van der Waals surface area (Å²) < 4.78 is 25.5. The third kappa shape index (κ3) is 4.50. The van der Waals surface area contributed by atoms with E-state index in [4.69, 9.17) is 5.11 Å². The first-order valence-electron chi connectivity index (χ1n) is 6.24. The Balaban J connectivity index is 0.000000173. The van der Waals surface area contributed by atoms with Gasteiger partial charge in [-0.3, -0.25) is 0 Å². The van der Waals surface area contributed by atoms with Crippen molar-refractivity contribution in [1.29, 1.82) is 0 Å². The molecule has 0 amide bonds. The molecule has 2 heterocycles. The monoisotopic (exact) mass is 292 g/mol. The zero-order valence-corrected chi connectivity index (χ0v) is 11.1. The van der Waals surface area contributed by atoms with E-state index in [9.17, 15) is 8.78 Å². The van der Waals surface area contributed by atoms with Gasteiger partial charge in [-0.25, -0.2) is 18.7 Å². The molecule has 0 spiro atoms. The molecular weight excluding hydrogens is 278 g/mol. The average Bonchev–Trinajstić information content (AvgIpc) is 3.12. The predicted molar refractivity (Wildman–Crippen MR) is 73.3 cm³/mol. The van der Waals surface area contributed by atoms with Gasteiger partial charge < -0.3 is 15.1 Å². The second kappa shape index (κ2) is 7.30. The van der Waals surface area contributed by atoms with Crippen LogP contribution in [0.25, 0.3) is 11.4 Å². The van der Waals surface area contributed by atoms with Gasteiger partial charge in [-0.1, -0.05) is 0 Å². The van der Waals surface area contributed by atoms with Crippen LogP contribution in [0, 0.1) is 11.6 Å². The Hall–Kier alpha value is -2.54. The van der Waals surface area contributed by atoms with Crippen LogP contribution in [0.4, 0.5) is 8.78 Å². The number of nitrogens with one attached hydrogen (secondary N) is 2. The average molecular weight is 292 g/mol. The summed E-state index contributed by atoms with van der Waals surface area (Å²) >= 11 is 0. The molecule has 3 aromatic rings. The van der Waals surface area contributed by atoms with Crippen LogP contribution in [0.15, 0.2) is 43.0 Å². The minimum absolute atomic E-state index is 0.160. The lowest BCUT2D eigenvalue weighted by atomic mass is 10.2. The summed E-state index contributed by atoms with van der Waals surface area (Å²) in [7, 11) is 0. The maximum Gasteiger partial charge on any atom is 0.137 e. The predicted octanol–water partition coefficient (Wildman–Crippen LogP) is 2.30. The summed E-state index contributed by atoms with van der Waals surface area (Å²) in [5.41, 5.74) is 0.405. The molecule has 0 aliphatic rings. The van der Waals surface area contributed by atoms with E-state index in [1.54, 1.807) is 18.6 Å². The second-order valence-corrected chi connectivity index (χ2v) is 4.11. The molecule has 0 atom stereocenters. The fraction of sp³-hybridized carbons (Fsp3) is 0.143. The van der Waals surface area contributed by atoms with Gasteiger partial charge in [0.1, 0.15) is 23.3 Å². The zero-order chi connectivity index (χ0) is 15.1. The van der Waals surface area contributed by atoms with E-state index >= 15 is 0 Å². The lowest BCUT2D eigenvalue weighted by Gasteiger charge is -1.97. The number of benzene rings is 1. The number of imidazole rings is 2. The van der Waals surface area contributed by atoms with E-state index in [2.05, 4.69) is 19.9 Å². The molecule has 110 valence electrons. The van der Waals surface area contributed by atoms with Gasteiger partial charge in [-0.2, -0.15) is 0 Å². The number of H-pyrrole nitrogens is 2. The first-order chi connectivity index (χ1) is 10.2. The van der Waals surface area contributed by atoms with Gasteiger partial charge in [0.05, 0.1) is 6.61 Å². The maximum absolute atomic E-state index is 12.7. The minimum atomic E-state index is -0.605. The first-order valence-corrected chi connectivity index (χ1v) is 6.24. The molecule has 0 radical (unpaired) electrons. The van der Waals surface area contributed by atoms with Crippen molar-refractivity contribution >= 4 is 0 Å². The van der Waals surface area contributed by atoms with Crippen molar-refractivity contribution in [2.75, 3.05) is 6.61 Å². The third-order valence-corrected chi connectivity index (χ3v) is 2.54. The van der Waals surface area contributed by atoms with Crippen LogP contribution < -0.4 is 0 Å². The third-order valence-electron chi connectivity index (χ3n) is 2.54. The van der Waals surface area contributed by atoms with E-state index in [1.165, 1.54) is 18.3 Å². The SMILES string of the molecule is Fc1cc(F)cc(-c2ncc[nH]2)c1.OCCc1ncc[nH]1. The van der Waals surface area contributed by atoms with Crippen LogP contribution in [0.2, 0.25) is 0 Å². The fourth-order valence-corrected chi connectivity index (χ4v) is 1.65. The Kier molecular flexibility index (Phi) is 5.16. The van der Waals surface area contributed by atoms with Crippen LogP contribution in [0.5, 0.6) is 0 Å². The van der Waals surface area contributed by atoms with Crippen molar-refractivity contribution in [2.45, 2.75) is 6.42 Å². The number of hydrogen-bond donors (Lipinski definition) is 3. The number of aliphatic hydroxyl groups is 1. The van der Waals surface area contributed by atoms with E-state index in [-0.39, 0.29) is 6.61 Å². The summed E-state index contributed by atoms with van der Waals surface area (Å²) in [6.45, 7) is 0.160. The highest BCUT2D eigenvalue weighted by Crippen LogP contribution is 2.17. The zero-order valence-electron chi connectivity index (χ0n) is 11.1. The molecule has 0 aliphatic heterocycles. The normalized spacial score (nSPS) is 10.0. The molecule has 21 heavy (non-hydrogen) atoms. The lowest BCUT2D eigenvalue weighted by molar-refractivity contribution is 0.297. The van der Waals surface area contributed by atoms with Gasteiger partial charge in [-0.15, -0.1) is 0 Å². The fourth-order valence-electron chi connectivity index (χ4n) is 1.65. The first kappa shape index (κ1) is 14.9. The van der Waals surface area contributed by atoms with E-state index in [0.717, 1.165) is 11.9 Å². The highest BCUT2D eigenvalue weighted by molar-refractivity contribution is 5.54. The molecule has 3 N–H and O–H groups in total. The molecule has 5 nitrogen and oxygen atoms in total. The topological polar surface area (TPSA) is 77.6 Å². The summed E-state index contributed by atoms with van der Waals surface area (Å²) in [6.07, 6.45) is 7.15. The molecule has 0 bridgehead atoms. The Bertz CT molecular complexity index is 633. The molecule has 0 aliphatic carbocycles. The van der Waals surface area contributed by atoms with E-state index in [1.807, 2.05) is 0 Å². The number of aromatic nitrogens is 4. The number of rotatable bonds is 3. The number of hydrogen-bond acceptors (Lipinski definition) is 3. The maximum atomic E-state index is 12.7. The quantitative estimate of drug-likeness (QED) is 0.693. The van der Waals surface area contributed by atoms with Gasteiger partial charge in [-0.05, 0) is 12.1 Å². The highest BCUT2D eigenvalue weighted by Gasteiger charge is 2.03. The molecule has 0 saturated heterocycles. The van der Waals surface area contributed by atoms with Crippen molar-refractivity contribution in [2.24, 2.45) is 0 Å². The summed E-state index contributed by atoms with van der Waals surface area (Å²) in [5.74, 6) is 0.0868. The highest BCUT2D eigenvalue weighted by atomic mass is 19.1. The molecule has 2 aromatic heterocycles. The van der Waals surface area contributed by atoms with Crippen LogP contribution in [0.3, 0.4) is 0 Å². The van der Waals surface area contributed by atoms with Gasteiger partial charge in [0, 0.05) is 42.8 Å². The number of aliphatic hydroxyl groups excluding tert-OH is 1. The molecule has 7 heteroatoms. The summed E-state index contributed by atoms with van der Waals surface area (Å²) in [5, 5.41) is 8.38. The van der Waals surface area contributed by atoms with Crippen molar-refractivity contribution in [3.05, 3.63) is 60.4 Å². The molecule has 1 aromatic carbocycles. The molecular formula is C14H14F2N4O. The summed E-state index contributed by atoms with van der Waals surface area (Å²) in [4.78, 5) is 13.4. The van der Waals surface area contributed by atoms with Gasteiger partial charge in [0.2, 0.25) is 0 Å². The van der Waals surface area contributed by atoms with Crippen molar-refractivity contribution in [1.82, 2.24) is 19.9 Å². The molecule has 0 fully saturated rings. The molecule has 0 saturated carbocycles. The number of aromatic amines is 2. The van der Waals surface area contributed by atoms with Crippen molar-refractivity contribution in [3.63, 3.8) is 0 Å². The largest absolute Gasteiger partial charge is 0.396 e. The van der Waals surface area contributed by atoms with Crippen LogP contribution in [-0.4, -0.2) is 31.6 Å². The standard InChI is InChI=1S/C9H6F2N2.C5H8N2O/c10-7-3-6(4-8(11)5-7)9-12-1-2-13-9;8-4-1-5-6-2-3-7-5/h1-5H,(H,12,13);2-3,8H,1,4H2,(H,6,7). The summed E-state index contributed by atoms with van der Waals surface area (Å²) in [6, 6.07) is 3.27. The molecule has 3 rings (SSSR count). The van der Waals surface area contributed by atoms with Crippen molar-refractivity contribution < 1.29 is 13.9 Å². The van der Waals surface area contributed by atoms with Gasteiger partial charge >= 0.3 is 0 Å². The Labute approximate surface area is 119 Å². The Morgan fingerprint density at radius 1 is 0.952 bits per heavy atom. The van der Waals surface area contributed by atoms with Crippen LogP contribution in [0.1, 0.15) is 5.82 Å². The van der Waals surface area contributed by atoms with Crippen LogP contribution in [-0.2, 0) is 6.42 Å². The number of halogens is 2. The molecule has 0 unspecified atom stereocenters. The van der Waals surface area contributed by atoms with Gasteiger partial charge in [0.25, 0.3) is 0 Å². The number of nitrogens with zero attached hydrogens (tertiary/aromatic N) is 2.